The van der Waals surface area contributed by atoms with Crippen molar-refractivity contribution in [3.05, 3.63) is 35.1 Å². The van der Waals surface area contributed by atoms with Gasteiger partial charge in [0.15, 0.2) is 0 Å². The third kappa shape index (κ3) is 2.59. The fourth-order valence-electron chi connectivity index (χ4n) is 2.21. The van der Waals surface area contributed by atoms with Crippen molar-refractivity contribution < 1.29 is 14.0 Å². The van der Waals surface area contributed by atoms with Crippen LogP contribution in [0.5, 0.6) is 0 Å². The number of amides is 2. The van der Waals surface area contributed by atoms with E-state index in [2.05, 4.69) is 5.32 Å². The minimum absolute atomic E-state index is 0.115. The summed E-state index contributed by atoms with van der Waals surface area (Å²) in [5, 5.41) is 2.63. The molecular formula is C14H17FN2O2. The second-order valence-electron chi connectivity index (χ2n) is 4.94. The molecule has 2 rings (SSSR count). The van der Waals surface area contributed by atoms with Gasteiger partial charge in [0.1, 0.15) is 17.9 Å². The third-order valence-corrected chi connectivity index (χ3v) is 3.50. The maximum absolute atomic E-state index is 13.1. The lowest BCUT2D eigenvalue weighted by Crippen LogP contribution is -2.60. The number of nitrogens with zero attached hydrogens (tertiary/aromatic N) is 1. The molecule has 0 aromatic heterocycles. The summed E-state index contributed by atoms with van der Waals surface area (Å²) in [6.07, 6.45) is 0. The van der Waals surface area contributed by atoms with E-state index in [4.69, 9.17) is 0 Å². The van der Waals surface area contributed by atoms with E-state index in [0.717, 1.165) is 11.1 Å². The van der Waals surface area contributed by atoms with Gasteiger partial charge in [-0.3, -0.25) is 9.59 Å². The van der Waals surface area contributed by atoms with Crippen LogP contribution < -0.4 is 5.32 Å². The number of aryl methyl sites for hydroxylation is 1. The smallest absolute Gasteiger partial charge is 0.245 e. The number of nitrogens with one attached hydrogen (secondary N) is 1. The molecule has 19 heavy (non-hydrogen) atoms. The van der Waals surface area contributed by atoms with Crippen molar-refractivity contribution in [1.29, 1.82) is 0 Å². The van der Waals surface area contributed by atoms with Gasteiger partial charge in [-0.05, 0) is 44.0 Å². The first-order valence-electron chi connectivity index (χ1n) is 6.26. The molecule has 1 aliphatic heterocycles. The van der Waals surface area contributed by atoms with Gasteiger partial charge in [-0.25, -0.2) is 4.39 Å². The topological polar surface area (TPSA) is 49.4 Å². The fraction of sp³-hybridized carbons (Fsp3) is 0.429. The number of carbonyl (C=O) groups excluding carboxylic acids is 2. The zero-order valence-corrected chi connectivity index (χ0v) is 11.2. The molecule has 0 bridgehead atoms. The van der Waals surface area contributed by atoms with Crippen LogP contribution in [-0.4, -0.2) is 28.8 Å². The van der Waals surface area contributed by atoms with E-state index in [9.17, 15) is 14.0 Å². The molecule has 1 heterocycles. The van der Waals surface area contributed by atoms with E-state index in [-0.39, 0.29) is 17.6 Å². The van der Waals surface area contributed by atoms with Crippen molar-refractivity contribution in [3.63, 3.8) is 0 Å². The summed E-state index contributed by atoms with van der Waals surface area (Å²) in [7, 11) is 0. The molecule has 0 radical (unpaired) electrons. The summed E-state index contributed by atoms with van der Waals surface area (Å²) in [5.74, 6) is -0.576. The highest BCUT2D eigenvalue weighted by Crippen LogP contribution is 2.17. The highest BCUT2D eigenvalue weighted by atomic mass is 19.1. The van der Waals surface area contributed by atoms with Crippen LogP contribution in [0.4, 0.5) is 4.39 Å². The second-order valence-corrected chi connectivity index (χ2v) is 4.94. The molecule has 1 fully saturated rings. The van der Waals surface area contributed by atoms with Gasteiger partial charge in [0.2, 0.25) is 11.8 Å². The molecule has 5 heteroatoms. The first kappa shape index (κ1) is 13.5. The van der Waals surface area contributed by atoms with Crippen molar-refractivity contribution in [2.24, 2.45) is 0 Å². The number of benzene rings is 1. The lowest BCUT2D eigenvalue weighted by molar-refractivity contribution is -0.148. The summed E-state index contributed by atoms with van der Waals surface area (Å²) in [5.41, 5.74) is 1.63. The highest BCUT2D eigenvalue weighted by Gasteiger charge is 2.35. The minimum atomic E-state index is -0.510. The monoisotopic (exact) mass is 264 g/mol. The Balaban J connectivity index is 2.25. The largest absolute Gasteiger partial charge is 0.343 e. The van der Waals surface area contributed by atoms with Gasteiger partial charge in [0.05, 0.1) is 0 Å². The number of hydrogen-bond acceptors (Lipinski definition) is 2. The SMILES string of the molecule is Cc1cc(F)ccc1CN1C(=O)C(C)NC(=O)C1C. The van der Waals surface area contributed by atoms with Crippen LogP contribution in [0.3, 0.4) is 0 Å². The summed E-state index contributed by atoms with van der Waals surface area (Å²) < 4.78 is 13.1. The maximum Gasteiger partial charge on any atom is 0.245 e. The van der Waals surface area contributed by atoms with E-state index < -0.39 is 12.1 Å². The Morgan fingerprint density at radius 2 is 2.00 bits per heavy atom. The van der Waals surface area contributed by atoms with Crippen molar-refractivity contribution in [3.8, 4) is 0 Å². The predicted octanol–water partition coefficient (Wildman–Crippen LogP) is 1.37. The Labute approximate surface area is 111 Å². The summed E-state index contributed by atoms with van der Waals surface area (Å²) in [6, 6.07) is 3.43. The molecule has 1 N–H and O–H groups in total. The van der Waals surface area contributed by atoms with Crippen LogP contribution in [-0.2, 0) is 16.1 Å². The van der Waals surface area contributed by atoms with Crippen molar-refractivity contribution in [2.75, 3.05) is 0 Å². The molecule has 102 valence electrons. The fourth-order valence-corrected chi connectivity index (χ4v) is 2.21. The molecule has 1 aromatic rings. The highest BCUT2D eigenvalue weighted by molar-refractivity contribution is 5.96. The number of halogens is 1. The Morgan fingerprint density at radius 3 is 2.63 bits per heavy atom. The van der Waals surface area contributed by atoms with Crippen LogP contribution in [0.15, 0.2) is 18.2 Å². The normalized spacial score (nSPS) is 23.5. The summed E-state index contributed by atoms with van der Waals surface area (Å²) >= 11 is 0. The Kier molecular flexibility index (Phi) is 3.55. The van der Waals surface area contributed by atoms with Crippen LogP contribution in [0, 0.1) is 12.7 Å². The number of rotatable bonds is 2. The lowest BCUT2D eigenvalue weighted by Gasteiger charge is -2.36. The van der Waals surface area contributed by atoms with Crippen molar-refractivity contribution >= 4 is 11.8 Å². The molecule has 2 unspecified atom stereocenters. The zero-order chi connectivity index (χ0) is 14.2. The third-order valence-electron chi connectivity index (χ3n) is 3.50. The first-order valence-corrected chi connectivity index (χ1v) is 6.26. The molecule has 4 nitrogen and oxygen atoms in total. The molecule has 1 aromatic carbocycles. The van der Waals surface area contributed by atoms with E-state index in [1.54, 1.807) is 26.8 Å². The van der Waals surface area contributed by atoms with Gasteiger partial charge in [-0.15, -0.1) is 0 Å². The maximum atomic E-state index is 13.1. The van der Waals surface area contributed by atoms with E-state index >= 15 is 0 Å². The van der Waals surface area contributed by atoms with Crippen molar-refractivity contribution in [1.82, 2.24) is 10.2 Å². The van der Waals surface area contributed by atoms with Crippen molar-refractivity contribution in [2.45, 2.75) is 39.4 Å². The molecular weight excluding hydrogens is 247 g/mol. The summed E-state index contributed by atoms with van der Waals surface area (Å²) in [6.45, 7) is 5.47. The van der Waals surface area contributed by atoms with Crippen LogP contribution in [0.2, 0.25) is 0 Å². The van der Waals surface area contributed by atoms with Crippen LogP contribution >= 0.6 is 0 Å². The number of carbonyl (C=O) groups is 2. The first-order chi connectivity index (χ1) is 8.90. The Morgan fingerprint density at radius 1 is 1.32 bits per heavy atom. The van der Waals surface area contributed by atoms with Gasteiger partial charge >= 0.3 is 0 Å². The average molecular weight is 264 g/mol. The van der Waals surface area contributed by atoms with Gasteiger partial charge in [-0.1, -0.05) is 6.07 Å². The standard InChI is InChI=1S/C14H17FN2O2/c1-8-6-12(15)5-4-11(8)7-17-10(3)13(18)16-9(2)14(17)19/h4-6,9-10H,7H2,1-3H3,(H,16,18). The molecule has 2 amide bonds. The Hall–Kier alpha value is -1.91. The summed E-state index contributed by atoms with van der Waals surface area (Å²) in [4.78, 5) is 25.4. The molecule has 0 saturated carbocycles. The molecule has 1 aliphatic rings. The van der Waals surface area contributed by atoms with Gasteiger partial charge < -0.3 is 10.2 Å². The lowest BCUT2D eigenvalue weighted by atomic mass is 10.0. The molecule has 0 aliphatic carbocycles. The van der Waals surface area contributed by atoms with E-state index in [1.807, 2.05) is 0 Å². The van der Waals surface area contributed by atoms with E-state index in [1.165, 1.54) is 17.0 Å². The zero-order valence-electron chi connectivity index (χ0n) is 11.2. The predicted molar refractivity (Wildman–Crippen MR) is 68.8 cm³/mol. The molecule has 2 atom stereocenters. The number of hydrogen-bond donors (Lipinski definition) is 1. The van der Waals surface area contributed by atoms with Gasteiger partial charge in [0.25, 0.3) is 0 Å². The van der Waals surface area contributed by atoms with E-state index in [0.29, 0.717) is 6.54 Å². The average Bonchev–Trinajstić information content (AvgIpc) is 2.34. The van der Waals surface area contributed by atoms with Gasteiger partial charge in [-0.2, -0.15) is 0 Å². The number of piperazine rings is 1. The van der Waals surface area contributed by atoms with Crippen LogP contribution in [0.25, 0.3) is 0 Å². The van der Waals surface area contributed by atoms with Crippen LogP contribution in [0.1, 0.15) is 25.0 Å². The minimum Gasteiger partial charge on any atom is -0.343 e. The van der Waals surface area contributed by atoms with Gasteiger partial charge in [0, 0.05) is 6.54 Å². The second kappa shape index (κ2) is 4.99. The molecule has 0 spiro atoms. The molecule has 1 saturated heterocycles. The quantitative estimate of drug-likeness (QED) is 0.877. The Bertz CT molecular complexity index is 530.